The van der Waals surface area contributed by atoms with E-state index in [0.29, 0.717) is 12.7 Å². The molecule has 0 saturated carbocycles. The lowest BCUT2D eigenvalue weighted by atomic mass is 10.2. The molecule has 2 heteroatoms. The maximum absolute atomic E-state index is 5.60. The van der Waals surface area contributed by atoms with Crippen LogP contribution >= 0.6 is 15.9 Å². The number of benzene rings is 1. The summed E-state index contributed by atoms with van der Waals surface area (Å²) in [6.07, 6.45) is 1.42. The van der Waals surface area contributed by atoms with Crippen LogP contribution in [0.25, 0.3) is 0 Å². The third kappa shape index (κ3) is 3.92. The van der Waals surface area contributed by atoms with E-state index < -0.39 is 0 Å². The highest BCUT2D eigenvalue weighted by Crippen LogP contribution is 2.12. The molecule has 0 spiro atoms. The lowest BCUT2D eigenvalue weighted by molar-refractivity contribution is 0.0508. The van der Waals surface area contributed by atoms with Crippen LogP contribution in [0, 0.1) is 0 Å². The fourth-order valence-corrected chi connectivity index (χ4v) is 1.20. The van der Waals surface area contributed by atoms with E-state index in [4.69, 9.17) is 4.74 Å². The summed E-state index contributed by atoms with van der Waals surface area (Å²) in [6.45, 7) is 4.94. The molecule has 0 bridgehead atoms. The molecular weight excluding hydrogens is 228 g/mol. The van der Waals surface area contributed by atoms with Crippen molar-refractivity contribution in [1.82, 2.24) is 0 Å². The third-order valence-corrected chi connectivity index (χ3v) is 2.55. The molecule has 0 saturated heterocycles. The standard InChI is InChI=1S/C11H15BrO/c1-3-9(2)13-8-10-4-6-11(12)7-5-10/h4-7,9H,3,8H2,1-2H3. The monoisotopic (exact) mass is 242 g/mol. The number of ether oxygens (including phenoxy) is 1. The second kappa shape index (κ2) is 5.40. The van der Waals surface area contributed by atoms with Gasteiger partial charge in [-0.25, -0.2) is 0 Å². The summed E-state index contributed by atoms with van der Waals surface area (Å²) >= 11 is 3.40. The molecule has 1 unspecified atom stereocenters. The average molecular weight is 243 g/mol. The maximum atomic E-state index is 5.60. The zero-order chi connectivity index (χ0) is 9.68. The summed E-state index contributed by atoms with van der Waals surface area (Å²) < 4.78 is 6.71. The molecule has 0 fully saturated rings. The minimum atomic E-state index is 0.351. The van der Waals surface area contributed by atoms with Crippen molar-refractivity contribution in [2.24, 2.45) is 0 Å². The van der Waals surface area contributed by atoms with E-state index in [1.807, 2.05) is 12.1 Å². The normalized spacial score (nSPS) is 12.8. The summed E-state index contributed by atoms with van der Waals surface area (Å²) in [4.78, 5) is 0. The predicted molar refractivity (Wildman–Crippen MR) is 58.7 cm³/mol. The number of hydrogen-bond donors (Lipinski definition) is 0. The summed E-state index contributed by atoms with van der Waals surface area (Å²) in [7, 11) is 0. The zero-order valence-electron chi connectivity index (χ0n) is 8.09. The van der Waals surface area contributed by atoms with Gasteiger partial charge in [0, 0.05) is 4.47 Å². The molecule has 0 heterocycles. The van der Waals surface area contributed by atoms with Gasteiger partial charge in [-0.15, -0.1) is 0 Å². The van der Waals surface area contributed by atoms with Crippen molar-refractivity contribution in [3.05, 3.63) is 34.3 Å². The van der Waals surface area contributed by atoms with E-state index in [9.17, 15) is 0 Å². The van der Waals surface area contributed by atoms with Crippen LogP contribution in [0.4, 0.5) is 0 Å². The largest absolute Gasteiger partial charge is 0.374 e. The lowest BCUT2D eigenvalue weighted by Crippen LogP contribution is -2.05. The first kappa shape index (κ1) is 10.7. The molecule has 1 aromatic carbocycles. The van der Waals surface area contributed by atoms with E-state index >= 15 is 0 Å². The summed E-state index contributed by atoms with van der Waals surface area (Å²) in [5.74, 6) is 0. The van der Waals surface area contributed by atoms with E-state index in [1.54, 1.807) is 0 Å². The molecule has 0 aromatic heterocycles. The molecule has 0 aliphatic rings. The number of rotatable bonds is 4. The minimum Gasteiger partial charge on any atom is -0.374 e. The van der Waals surface area contributed by atoms with E-state index in [0.717, 1.165) is 10.9 Å². The minimum absolute atomic E-state index is 0.351. The fraction of sp³-hybridized carbons (Fsp3) is 0.455. The maximum Gasteiger partial charge on any atom is 0.0720 e. The molecule has 1 nitrogen and oxygen atoms in total. The molecule has 1 aromatic rings. The smallest absolute Gasteiger partial charge is 0.0720 e. The summed E-state index contributed by atoms with van der Waals surface area (Å²) in [5.41, 5.74) is 1.23. The van der Waals surface area contributed by atoms with Gasteiger partial charge in [-0.2, -0.15) is 0 Å². The SMILES string of the molecule is CCC(C)OCc1ccc(Br)cc1. The first-order chi connectivity index (χ1) is 6.22. The molecule has 0 aliphatic heterocycles. The van der Waals surface area contributed by atoms with Crippen molar-refractivity contribution < 1.29 is 4.74 Å². The van der Waals surface area contributed by atoms with Crippen LogP contribution in [0.15, 0.2) is 28.7 Å². The van der Waals surface area contributed by atoms with Crippen molar-refractivity contribution in [3.63, 3.8) is 0 Å². The van der Waals surface area contributed by atoms with E-state index in [1.165, 1.54) is 5.56 Å². The molecule has 13 heavy (non-hydrogen) atoms. The molecule has 1 atom stereocenters. The zero-order valence-corrected chi connectivity index (χ0v) is 9.67. The Morgan fingerprint density at radius 1 is 1.31 bits per heavy atom. The highest BCUT2D eigenvalue weighted by molar-refractivity contribution is 9.10. The Kier molecular flexibility index (Phi) is 4.46. The van der Waals surface area contributed by atoms with Gasteiger partial charge in [-0.05, 0) is 31.0 Å². The van der Waals surface area contributed by atoms with Crippen LogP contribution in [0.1, 0.15) is 25.8 Å². The summed E-state index contributed by atoms with van der Waals surface area (Å²) in [5, 5.41) is 0. The molecular formula is C11H15BrO. The van der Waals surface area contributed by atoms with Crippen molar-refractivity contribution in [3.8, 4) is 0 Å². The Hall–Kier alpha value is -0.340. The van der Waals surface area contributed by atoms with Crippen molar-refractivity contribution in [2.45, 2.75) is 33.0 Å². The molecule has 0 amide bonds. The van der Waals surface area contributed by atoms with Crippen LogP contribution in [-0.4, -0.2) is 6.10 Å². The summed E-state index contributed by atoms with van der Waals surface area (Å²) in [6, 6.07) is 8.23. The van der Waals surface area contributed by atoms with Gasteiger partial charge < -0.3 is 4.74 Å². The highest BCUT2D eigenvalue weighted by atomic mass is 79.9. The predicted octanol–water partition coefficient (Wildman–Crippen LogP) is 3.76. The Labute approximate surface area is 88.2 Å². The molecule has 0 aliphatic carbocycles. The lowest BCUT2D eigenvalue weighted by Gasteiger charge is -2.10. The van der Waals surface area contributed by atoms with Gasteiger partial charge in [0.05, 0.1) is 12.7 Å². The van der Waals surface area contributed by atoms with Gasteiger partial charge in [0.1, 0.15) is 0 Å². The topological polar surface area (TPSA) is 9.23 Å². The van der Waals surface area contributed by atoms with Crippen molar-refractivity contribution in [2.75, 3.05) is 0 Å². The quantitative estimate of drug-likeness (QED) is 0.782. The van der Waals surface area contributed by atoms with E-state index in [-0.39, 0.29) is 0 Å². The number of halogens is 1. The molecule has 72 valence electrons. The molecule has 0 N–H and O–H groups in total. The molecule has 0 radical (unpaired) electrons. The number of hydrogen-bond acceptors (Lipinski definition) is 1. The molecule has 1 rings (SSSR count). The highest BCUT2D eigenvalue weighted by Gasteiger charge is 1.98. The van der Waals surface area contributed by atoms with Gasteiger partial charge in [-0.3, -0.25) is 0 Å². The van der Waals surface area contributed by atoms with Crippen molar-refractivity contribution in [1.29, 1.82) is 0 Å². The van der Waals surface area contributed by atoms with Crippen LogP contribution in [0.5, 0.6) is 0 Å². The Morgan fingerprint density at radius 2 is 1.92 bits per heavy atom. The second-order valence-electron chi connectivity index (χ2n) is 3.16. The van der Waals surface area contributed by atoms with Gasteiger partial charge in [0.25, 0.3) is 0 Å². The second-order valence-corrected chi connectivity index (χ2v) is 4.07. The van der Waals surface area contributed by atoms with Crippen LogP contribution in [0.2, 0.25) is 0 Å². The fourth-order valence-electron chi connectivity index (χ4n) is 0.937. The van der Waals surface area contributed by atoms with E-state index in [2.05, 4.69) is 41.9 Å². The van der Waals surface area contributed by atoms with Crippen molar-refractivity contribution >= 4 is 15.9 Å². The Balaban J connectivity index is 2.41. The average Bonchev–Trinajstić information content (AvgIpc) is 2.16. The van der Waals surface area contributed by atoms with Crippen LogP contribution in [-0.2, 0) is 11.3 Å². The van der Waals surface area contributed by atoms with Crippen LogP contribution in [0.3, 0.4) is 0 Å². The Bertz CT molecular complexity index is 243. The van der Waals surface area contributed by atoms with Gasteiger partial charge in [-0.1, -0.05) is 35.0 Å². The Morgan fingerprint density at radius 3 is 2.46 bits per heavy atom. The third-order valence-electron chi connectivity index (χ3n) is 2.02. The van der Waals surface area contributed by atoms with Gasteiger partial charge in [0.2, 0.25) is 0 Å². The first-order valence-corrected chi connectivity index (χ1v) is 5.37. The van der Waals surface area contributed by atoms with Crippen LogP contribution < -0.4 is 0 Å². The first-order valence-electron chi connectivity index (χ1n) is 4.58. The van der Waals surface area contributed by atoms with Gasteiger partial charge >= 0.3 is 0 Å². The van der Waals surface area contributed by atoms with Gasteiger partial charge in [0.15, 0.2) is 0 Å².